The van der Waals surface area contributed by atoms with Crippen LogP contribution in [0.2, 0.25) is 0 Å². The van der Waals surface area contributed by atoms with E-state index in [0.717, 1.165) is 11.6 Å². The van der Waals surface area contributed by atoms with Gasteiger partial charge in [-0.15, -0.1) is 11.3 Å². The fraction of sp³-hybridized carbons (Fsp3) is 0.471. The molecule has 0 aliphatic heterocycles. The van der Waals surface area contributed by atoms with Crippen molar-refractivity contribution in [1.82, 2.24) is 4.98 Å². The molecule has 1 aromatic heterocycles. The minimum Gasteiger partial charge on any atom is -0.375 e. The molecule has 1 fully saturated rings. The molecule has 0 unspecified atom stereocenters. The van der Waals surface area contributed by atoms with Crippen LogP contribution in [0, 0.1) is 0 Å². The smallest absolute Gasteiger partial charge is 0.180 e. The normalized spacial score (nSPS) is 14.7. The Bertz CT molecular complexity index is 567. The van der Waals surface area contributed by atoms with Gasteiger partial charge in [-0.25, -0.2) is 4.98 Å². The lowest BCUT2D eigenvalue weighted by Gasteiger charge is -2.04. The standard InChI is InChI=1S/C17H22N2S/c1-2-3-4-12-5-7-13(8-6-12)11-15-16(14-9-10-14)19-17(18)20-15/h5-8,14H,2-4,9-11H2,1H3,(H2,18,19). The molecule has 0 radical (unpaired) electrons. The second kappa shape index (κ2) is 5.96. The van der Waals surface area contributed by atoms with Crippen molar-refractivity contribution in [2.24, 2.45) is 0 Å². The molecule has 2 aromatic rings. The number of anilines is 1. The van der Waals surface area contributed by atoms with Crippen molar-refractivity contribution in [3.05, 3.63) is 46.0 Å². The number of nitrogens with two attached hydrogens (primary N) is 1. The maximum absolute atomic E-state index is 5.89. The quantitative estimate of drug-likeness (QED) is 0.847. The lowest BCUT2D eigenvalue weighted by Crippen LogP contribution is -1.92. The average molecular weight is 286 g/mol. The van der Waals surface area contributed by atoms with Gasteiger partial charge in [0, 0.05) is 17.2 Å². The predicted octanol–water partition coefficient (Wildman–Crippen LogP) is 4.54. The second-order valence-corrected chi connectivity index (χ2v) is 6.85. The Kier molecular flexibility index (Phi) is 4.06. The van der Waals surface area contributed by atoms with Crippen molar-refractivity contribution in [2.45, 2.75) is 51.4 Å². The highest BCUT2D eigenvalue weighted by molar-refractivity contribution is 7.15. The molecule has 1 aromatic carbocycles. The van der Waals surface area contributed by atoms with E-state index in [4.69, 9.17) is 5.73 Å². The number of thiazole rings is 1. The van der Waals surface area contributed by atoms with Crippen LogP contribution in [0.25, 0.3) is 0 Å². The summed E-state index contributed by atoms with van der Waals surface area (Å²) in [4.78, 5) is 5.89. The summed E-state index contributed by atoms with van der Waals surface area (Å²) in [6.45, 7) is 2.24. The van der Waals surface area contributed by atoms with Crippen LogP contribution in [0.3, 0.4) is 0 Å². The molecule has 3 heteroatoms. The van der Waals surface area contributed by atoms with Crippen LogP contribution in [0.1, 0.15) is 60.2 Å². The number of rotatable bonds is 6. The molecule has 1 aliphatic carbocycles. The highest BCUT2D eigenvalue weighted by atomic mass is 32.1. The summed E-state index contributed by atoms with van der Waals surface area (Å²) in [6, 6.07) is 9.06. The van der Waals surface area contributed by atoms with Gasteiger partial charge in [-0.1, -0.05) is 37.6 Å². The van der Waals surface area contributed by atoms with E-state index in [1.807, 2.05) is 0 Å². The summed E-state index contributed by atoms with van der Waals surface area (Å²) >= 11 is 1.66. The van der Waals surface area contributed by atoms with Crippen LogP contribution in [0.5, 0.6) is 0 Å². The van der Waals surface area contributed by atoms with Crippen LogP contribution in [0.4, 0.5) is 5.13 Å². The second-order valence-electron chi connectivity index (χ2n) is 5.73. The molecule has 1 aliphatic rings. The monoisotopic (exact) mass is 286 g/mol. The van der Waals surface area contributed by atoms with Gasteiger partial charge in [-0.3, -0.25) is 0 Å². The third-order valence-corrected chi connectivity index (χ3v) is 4.82. The van der Waals surface area contributed by atoms with E-state index >= 15 is 0 Å². The molecular formula is C17H22N2S. The van der Waals surface area contributed by atoms with Crippen LogP contribution < -0.4 is 5.73 Å². The molecule has 20 heavy (non-hydrogen) atoms. The van der Waals surface area contributed by atoms with Crippen molar-refractivity contribution < 1.29 is 0 Å². The Morgan fingerprint density at radius 1 is 1.20 bits per heavy atom. The van der Waals surface area contributed by atoms with Gasteiger partial charge in [0.15, 0.2) is 5.13 Å². The number of hydrogen-bond donors (Lipinski definition) is 1. The Balaban J connectivity index is 1.71. The Morgan fingerprint density at radius 2 is 1.90 bits per heavy atom. The van der Waals surface area contributed by atoms with Crippen LogP contribution >= 0.6 is 11.3 Å². The third kappa shape index (κ3) is 3.21. The van der Waals surface area contributed by atoms with Gasteiger partial charge in [0.05, 0.1) is 5.69 Å². The number of hydrogen-bond acceptors (Lipinski definition) is 3. The number of nitrogen functional groups attached to an aromatic ring is 1. The van der Waals surface area contributed by atoms with E-state index in [9.17, 15) is 0 Å². The zero-order valence-electron chi connectivity index (χ0n) is 12.1. The van der Waals surface area contributed by atoms with Gasteiger partial charge in [-0.2, -0.15) is 0 Å². The fourth-order valence-electron chi connectivity index (χ4n) is 2.57. The summed E-state index contributed by atoms with van der Waals surface area (Å²) < 4.78 is 0. The van der Waals surface area contributed by atoms with Crippen molar-refractivity contribution in [2.75, 3.05) is 5.73 Å². The van der Waals surface area contributed by atoms with E-state index in [-0.39, 0.29) is 0 Å². The molecule has 0 amide bonds. The van der Waals surface area contributed by atoms with E-state index < -0.39 is 0 Å². The number of nitrogens with zero attached hydrogens (tertiary/aromatic N) is 1. The molecular weight excluding hydrogens is 264 g/mol. The largest absolute Gasteiger partial charge is 0.375 e. The first-order chi connectivity index (χ1) is 9.76. The minimum atomic E-state index is 0.683. The van der Waals surface area contributed by atoms with Crippen LogP contribution in [-0.2, 0) is 12.8 Å². The average Bonchev–Trinajstić information content (AvgIpc) is 3.23. The van der Waals surface area contributed by atoms with Gasteiger partial charge >= 0.3 is 0 Å². The van der Waals surface area contributed by atoms with Gasteiger partial charge in [0.25, 0.3) is 0 Å². The van der Waals surface area contributed by atoms with Crippen molar-refractivity contribution >= 4 is 16.5 Å². The van der Waals surface area contributed by atoms with Crippen LogP contribution in [-0.4, -0.2) is 4.98 Å². The zero-order valence-corrected chi connectivity index (χ0v) is 12.9. The van der Waals surface area contributed by atoms with E-state index in [2.05, 4.69) is 36.2 Å². The van der Waals surface area contributed by atoms with Crippen molar-refractivity contribution in [1.29, 1.82) is 0 Å². The lowest BCUT2D eigenvalue weighted by atomic mass is 10.0. The number of aromatic nitrogens is 1. The van der Waals surface area contributed by atoms with Gasteiger partial charge < -0.3 is 5.73 Å². The summed E-state index contributed by atoms with van der Waals surface area (Å²) in [7, 11) is 0. The molecule has 2 nitrogen and oxygen atoms in total. The van der Waals surface area contributed by atoms with E-state index in [0.29, 0.717) is 5.92 Å². The zero-order chi connectivity index (χ0) is 13.9. The molecule has 0 atom stereocenters. The fourth-order valence-corrected chi connectivity index (χ4v) is 3.53. The number of benzene rings is 1. The van der Waals surface area contributed by atoms with Crippen LogP contribution in [0.15, 0.2) is 24.3 Å². The predicted molar refractivity (Wildman–Crippen MR) is 86.4 cm³/mol. The van der Waals surface area contributed by atoms with Crippen molar-refractivity contribution in [3.8, 4) is 0 Å². The maximum Gasteiger partial charge on any atom is 0.180 e. The maximum atomic E-state index is 5.89. The number of aryl methyl sites for hydroxylation is 1. The Labute approximate surface area is 125 Å². The molecule has 1 saturated carbocycles. The highest BCUT2D eigenvalue weighted by Gasteiger charge is 2.29. The molecule has 1 heterocycles. The summed E-state index contributed by atoms with van der Waals surface area (Å²) in [5.74, 6) is 0.683. The Morgan fingerprint density at radius 3 is 2.55 bits per heavy atom. The first-order valence-corrected chi connectivity index (χ1v) is 8.40. The SMILES string of the molecule is CCCCc1ccc(Cc2sc(N)nc2C2CC2)cc1. The minimum absolute atomic E-state index is 0.683. The van der Waals surface area contributed by atoms with Crippen molar-refractivity contribution in [3.63, 3.8) is 0 Å². The molecule has 0 spiro atoms. The third-order valence-electron chi connectivity index (χ3n) is 3.91. The first-order valence-electron chi connectivity index (χ1n) is 7.59. The van der Waals surface area contributed by atoms with Gasteiger partial charge in [-0.05, 0) is 36.8 Å². The lowest BCUT2D eigenvalue weighted by molar-refractivity contribution is 0.795. The summed E-state index contributed by atoms with van der Waals surface area (Å²) in [5, 5.41) is 0.724. The van der Waals surface area contributed by atoms with Gasteiger partial charge in [0.2, 0.25) is 0 Å². The Hall–Kier alpha value is -1.35. The van der Waals surface area contributed by atoms with E-state index in [1.165, 1.54) is 53.8 Å². The summed E-state index contributed by atoms with van der Waals surface area (Å²) in [5.41, 5.74) is 9.97. The molecule has 2 N–H and O–H groups in total. The van der Waals surface area contributed by atoms with E-state index in [1.54, 1.807) is 11.3 Å². The highest BCUT2D eigenvalue weighted by Crippen LogP contribution is 2.43. The first kappa shape index (κ1) is 13.6. The topological polar surface area (TPSA) is 38.9 Å². The molecule has 106 valence electrons. The number of unbranched alkanes of at least 4 members (excludes halogenated alkanes) is 1. The molecule has 0 bridgehead atoms. The molecule has 0 saturated heterocycles. The molecule has 3 rings (SSSR count). The van der Waals surface area contributed by atoms with Gasteiger partial charge in [0.1, 0.15) is 0 Å². The summed E-state index contributed by atoms with van der Waals surface area (Å²) in [6.07, 6.45) is 7.27.